The molecule has 0 aliphatic carbocycles. The highest BCUT2D eigenvalue weighted by Crippen LogP contribution is 2.36. The van der Waals surface area contributed by atoms with Crippen LogP contribution in [0.25, 0.3) is 0 Å². The van der Waals surface area contributed by atoms with Gasteiger partial charge in [0.2, 0.25) is 0 Å². The maximum atomic E-state index is 12.2. The van der Waals surface area contributed by atoms with Gasteiger partial charge in [-0.25, -0.2) is 0 Å². The smallest absolute Gasteiger partial charge is 0.279 e. The number of ether oxygens (including phenoxy) is 2. The molecule has 5 rings (SSSR count). The minimum absolute atomic E-state index is 0.0396. The van der Waals surface area contributed by atoms with Gasteiger partial charge < -0.3 is 19.3 Å². The Morgan fingerprint density at radius 1 is 0.756 bits per heavy atom. The molecule has 0 spiro atoms. The van der Waals surface area contributed by atoms with Gasteiger partial charge in [0.25, 0.3) is 5.69 Å². The van der Waals surface area contributed by atoms with E-state index in [-0.39, 0.29) is 10.6 Å². The van der Waals surface area contributed by atoms with E-state index in [2.05, 4.69) is 9.80 Å². The first-order valence-corrected chi connectivity index (χ1v) is 14.0. The molecule has 3 aromatic rings. The van der Waals surface area contributed by atoms with Gasteiger partial charge in [0.1, 0.15) is 11.5 Å². The van der Waals surface area contributed by atoms with E-state index in [1.165, 1.54) is 0 Å². The quantitative estimate of drug-likeness (QED) is 0.155. The molecule has 0 N–H and O–H groups in total. The summed E-state index contributed by atoms with van der Waals surface area (Å²) in [5, 5.41) is 12.2. The first-order valence-electron chi connectivity index (χ1n) is 14.0. The molecule has 0 aromatic heterocycles. The Bertz CT molecular complexity index is 1500. The van der Waals surface area contributed by atoms with Crippen LogP contribution in [0.2, 0.25) is 0 Å². The zero-order chi connectivity index (χ0) is 28.9. The molecule has 214 valence electrons. The number of fused-ring (bicyclic) bond motifs is 2. The molecular weight excluding hydrogens is 518 g/mol. The predicted octanol–water partition coefficient (Wildman–Crippen LogP) is 5.61. The fraction of sp³-hybridized carbons (Fsp3) is 0.375. The van der Waals surface area contributed by atoms with Gasteiger partial charge in [0.15, 0.2) is 0 Å². The first kappa shape index (κ1) is 28.4. The average Bonchev–Trinajstić information content (AvgIpc) is 3.56. The van der Waals surface area contributed by atoms with E-state index in [0.29, 0.717) is 37.3 Å². The molecule has 0 bridgehead atoms. The van der Waals surface area contributed by atoms with E-state index in [4.69, 9.17) is 19.5 Å². The van der Waals surface area contributed by atoms with Gasteiger partial charge in [-0.3, -0.25) is 20.1 Å². The number of benzene rings is 3. The fourth-order valence-electron chi connectivity index (χ4n) is 5.11. The van der Waals surface area contributed by atoms with Crippen molar-refractivity contribution in [3.8, 4) is 11.5 Å². The molecular formula is C32H37N5O4. The van der Waals surface area contributed by atoms with Gasteiger partial charge in [-0.1, -0.05) is 6.07 Å². The summed E-state index contributed by atoms with van der Waals surface area (Å²) in [5.41, 5.74) is 6.60. The van der Waals surface area contributed by atoms with Crippen molar-refractivity contribution in [1.29, 1.82) is 0 Å². The van der Waals surface area contributed by atoms with Gasteiger partial charge >= 0.3 is 0 Å². The number of nitro benzene ring substituents is 1. The maximum Gasteiger partial charge on any atom is 0.279 e. The summed E-state index contributed by atoms with van der Waals surface area (Å²) in [6.07, 6.45) is 3.01. The average molecular weight is 556 g/mol. The van der Waals surface area contributed by atoms with Crippen LogP contribution in [0.3, 0.4) is 0 Å². The molecule has 2 aliphatic rings. The fourth-order valence-corrected chi connectivity index (χ4v) is 5.11. The van der Waals surface area contributed by atoms with Crippen LogP contribution in [0, 0.1) is 10.1 Å². The van der Waals surface area contributed by atoms with Crippen molar-refractivity contribution in [2.75, 3.05) is 54.5 Å². The van der Waals surface area contributed by atoms with Crippen molar-refractivity contribution in [3.63, 3.8) is 0 Å². The van der Waals surface area contributed by atoms with E-state index in [1.54, 1.807) is 6.07 Å². The van der Waals surface area contributed by atoms with Crippen molar-refractivity contribution in [3.05, 3.63) is 87.0 Å². The number of nitro groups is 1. The monoisotopic (exact) mass is 555 g/mol. The van der Waals surface area contributed by atoms with Crippen LogP contribution in [-0.4, -0.2) is 80.6 Å². The van der Waals surface area contributed by atoms with Crippen LogP contribution in [0.4, 0.5) is 17.1 Å². The Balaban J connectivity index is 1.27. The van der Waals surface area contributed by atoms with Crippen LogP contribution in [0.15, 0.2) is 64.6 Å². The lowest BCUT2D eigenvalue weighted by molar-refractivity contribution is -0.385. The Kier molecular flexibility index (Phi) is 8.75. The third-order valence-electron chi connectivity index (χ3n) is 7.20. The van der Waals surface area contributed by atoms with E-state index in [9.17, 15) is 10.1 Å². The number of hydrogen-bond acceptors (Lipinski definition) is 8. The van der Waals surface area contributed by atoms with Gasteiger partial charge in [-0.2, -0.15) is 0 Å². The summed E-state index contributed by atoms with van der Waals surface area (Å²) < 4.78 is 11.8. The van der Waals surface area contributed by atoms with Gasteiger partial charge in [-0.05, 0) is 94.6 Å². The van der Waals surface area contributed by atoms with Crippen LogP contribution >= 0.6 is 0 Å². The summed E-state index contributed by atoms with van der Waals surface area (Å²) in [6.45, 7) is 3.22. The van der Waals surface area contributed by atoms with Crippen LogP contribution in [0.5, 0.6) is 11.5 Å². The highest BCUT2D eigenvalue weighted by atomic mass is 16.6. The second kappa shape index (κ2) is 12.6. The summed E-state index contributed by atoms with van der Waals surface area (Å²) >= 11 is 0. The number of aliphatic imine (C=N–C) groups is 2. The standard InChI is InChI=1S/C32H37N5O4/c1-35(2)13-5-15-40-25-8-11-28-23(17-25)19-30(33-28)22-7-10-27(32(21-22)37(38)39)31-20-24-18-26(9-12-29(24)34-31)41-16-6-14-36(3)4/h7-12,17-18,21H,5-6,13-16,19-20H2,1-4H3. The molecule has 2 aliphatic heterocycles. The molecule has 0 amide bonds. The number of rotatable bonds is 13. The molecule has 0 saturated carbocycles. The van der Waals surface area contributed by atoms with Gasteiger partial charge in [0, 0.05) is 37.6 Å². The van der Waals surface area contributed by atoms with Gasteiger partial charge in [0.05, 0.1) is 46.5 Å². The maximum absolute atomic E-state index is 12.2. The largest absolute Gasteiger partial charge is 0.494 e. The Labute approximate surface area is 241 Å². The summed E-state index contributed by atoms with van der Waals surface area (Å²) in [6, 6.07) is 17.1. The normalized spacial score (nSPS) is 13.7. The Morgan fingerprint density at radius 2 is 1.29 bits per heavy atom. The molecule has 0 saturated heterocycles. The van der Waals surface area contributed by atoms with Crippen molar-refractivity contribution < 1.29 is 14.4 Å². The third kappa shape index (κ3) is 6.99. The highest BCUT2D eigenvalue weighted by molar-refractivity contribution is 6.11. The number of nitrogens with zero attached hydrogens (tertiary/aromatic N) is 5. The molecule has 0 atom stereocenters. The van der Waals surface area contributed by atoms with Crippen LogP contribution in [-0.2, 0) is 12.8 Å². The molecule has 0 radical (unpaired) electrons. The minimum atomic E-state index is -0.327. The molecule has 9 heteroatoms. The van der Waals surface area contributed by atoms with Crippen molar-refractivity contribution in [2.45, 2.75) is 25.7 Å². The first-order chi connectivity index (χ1) is 19.8. The van der Waals surface area contributed by atoms with Crippen molar-refractivity contribution in [2.24, 2.45) is 9.98 Å². The zero-order valence-electron chi connectivity index (χ0n) is 24.2. The number of hydrogen-bond donors (Lipinski definition) is 0. The molecule has 3 aromatic carbocycles. The van der Waals surface area contributed by atoms with Crippen LogP contribution in [0.1, 0.15) is 35.1 Å². The topological polar surface area (TPSA) is 92.8 Å². The molecule has 41 heavy (non-hydrogen) atoms. The molecule has 2 heterocycles. The van der Waals surface area contributed by atoms with Gasteiger partial charge in [-0.15, -0.1) is 0 Å². The summed E-state index contributed by atoms with van der Waals surface area (Å²) in [7, 11) is 8.18. The predicted molar refractivity (Wildman–Crippen MR) is 163 cm³/mol. The summed E-state index contributed by atoms with van der Waals surface area (Å²) in [4.78, 5) is 25.6. The second-order valence-corrected chi connectivity index (χ2v) is 11.1. The lowest BCUT2D eigenvalue weighted by Gasteiger charge is -2.11. The van der Waals surface area contributed by atoms with Crippen molar-refractivity contribution >= 4 is 28.5 Å². The van der Waals surface area contributed by atoms with E-state index in [1.807, 2.05) is 76.7 Å². The van der Waals surface area contributed by atoms with Crippen molar-refractivity contribution in [1.82, 2.24) is 9.80 Å². The van der Waals surface area contributed by atoms with E-state index < -0.39 is 0 Å². The van der Waals surface area contributed by atoms with Crippen LogP contribution < -0.4 is 9.47 Å². The molecule has 0 fully saturated rings. The lowest BCUT2D eigenvalue weighted by Crippen LogP contribution is -2.15. The van der Waals surface area contributed by atoms with E-state index >= 15 is 0 Å². The van der Waals surface area contributed by atoms with E-state index in [0.717, 1.165) is 71.2 Å². The summed E-state index contributed by atoms with van der Waals surface area (Å²) in [5.74, 6) is 1.62. The highest BCUT2D eigenvalue weighted by Gasteiger charge is 2.26. The Hall–Kier alpha value is -4.08. The Morgan fingerprint density at radius 3 is 1.83 bits per heavy atom. The lowest BCUT2D eigenvalue weighted by atomic mass is 9.98. The molecule has 9 nitrogen and oxygen atoms in total. The zero-order valence-corrected chi connectivity index (χ0v) is 24.2. The second-order valence-electron chi connectivity index (χ2n) is 11.1. The SMILES string of the molecule is CN(C)CCCOc1ccc2c(c1)CC(c1ccc(C3=Nc4ccc(OCCCN(C)C)cc4C3)c([N+](=O)[O-])c1)=N2. The molecule has 0 unspecified atom stereocenters. The third-order valence-corrected chi connectivity index (χ3v) is 7.20. The minimum Gasteiger partial charge on any atom is -0.494 e.